The Labute approximate surface area is 208 Å². The van der Waals surface area contributed by atoms with Crippen molar-refractivity contribution in [3.63, 3.8) is 0 Å². The third kappa shape index (κ3) is 3.67. The first-order valence-electron chi connectivity index (χ1n) is 14.1. The molecule has 0 aromatic heterocycles. The lowest BCUT2D eigenvalue weighted by Crippen LogP contribution is -2.63. The molecule has 34 heavy (non-hydrogen) atoms. The molecule has 0 saturated heterocycles. The fraction of sp³-hybridized carbons (Fsp3) is 0.967. The lowest BCUT2D eigenvalue weighted by molar-refractivity contribution is -0.207. The van der Waals surface area contributed by atoms with Gasteiger partial charge in [0.25, 0.3) is 0 Å². The second kappa shape index (κ2) is 8.02. The van der Waals surface area contributed by atoms with Crippen molar-refractivity contribution in [2.75, 3.05) is 0 Å². The molecule has 0 aliphatic heterocycles. The average Bonchev–Trinajstić information content (AvgIpc) is 3.08. The summed E-state index contributed by atoms with van der Waals surface area (Å²) in [7, 11) is 0. The van der Waals surface area contributed by atoms with Crippen LogP contribution in [0.1, 0.15) is 120 Å². The molecule has 0 radical (unpaired) electrons. The Bertz CT molecular complexity index is 809. The van der Waals surface area contributed by atoms with Crippen molar-refractivity contribution < 1.29 is 20.1 Å². The van der Waals surface area contributed by atoms with Gasteiger partial charge in [-0.2, -0.15) is 0 Å². The van der Waals surface area contributed by atoms with Gasteiger partial charge in [-0.3, -0.25) is 4.79 Å². The molecule has 4 heteroatoms. The summed E-state index contributed by atoms with van der Waals surface area (Å²) in [5.41, 5.74) is -1.55. The number of rotatable bonds is 5. The molecule has 0 aromatic carbocycles. The summed E-state index contributed by atoms with van der Waals surface area (Å²) in [6.07, 6.45) is 8.76. The van der Waals surface area contributed by atoms with Crippen LogP contribution in [-0.2, 0) is 4.79 Å². The zero-order chi connectivity index (χ0) is 25.5. The Morgan fingerprint density at radius 2 is 1.50 bits per heavy atom. The van der Waals surface area contributed by atoms with Crippen molar-refractivity contribution in [2.24, 2.45) is 45.3 Å². The van der Waals surface area contributed by atoms with Gasteiger partial charge in [0.2, 0.25) is 0 Å². The minimum atomic E-state index is -1.14. The standard InChI is InChI=1S/C30H52O4/c1-25(2)21-12-17-29(7)22(27(21,5)15-13-23(25)31)10-9-19-20(11-16-28(19,29)6)30(8,34)18-14-24(32)26(3,4)33/h19-22,24,32-34H,9-18H2,1-8H3/t19-,20+,21+,22-,24+,27+,28-,29-,30+/m1/s1. The van der Waals surface area contributed by atoms with Gasteiger partial charge in [-0.05, 0) is 118 Å². The van der Waals surface area contributed by atoms with Gasteiger partial charge in [0.05, 0.1) is 17.3 Å². The van der Waals surface area contributed by atoms with E-state index in [0.29, 0.717) is 36.4 Å². The quantitative estimate of drug-likeness (QED) is 0.461. The second-order valence-corrected chi connectivity index (χ2v) is 15.0. The molecule has 4 rings (SSSR count). The number of Topliss-reactive ketones (excluding diaryl/α,β-unsaturated/α-hetero) is 1. The summed E-state index contributed by atoms with van der Waals surface area (Å²) < 4.78 is 0. The van der Waals surface area contributed by atoms with Crippen LogP contribution < -0.4 is 0 Å². The molecule has 0 heterocycles. The Kier molecular flexibility index (Phi) is 6.28. The fourth-order valence-corrected chi connectivity index (χ4v) is 10.3. The molecule has 196 valence electrons. The maximum atomic E-state index is 12.9. The third-order valence-corrected chi connectivity index (χ3v) is 12.7. The van der Waals surface area contributed by atoms with Crippen molar-refractivity contribution in [1.82, 2.24) is 0 Å². The van der Waals surface area contributed by atoms with E-state index in [1.165, 1.54) is 12.8 Å². The van der Waals surface area contributed by atoms with Crippen molar-refractivity contribution in [3.05, 3.63) is 0 Å². The van der Waals surface area contributed by atoms with E-state index in [9.17, 15) is 20.1 Å². The van der Waals surface area contributed by atoms with Crippen LogP contribution in [0.4, 0.5) is 0 Å². The van der Waals surface area contributed by atoms with Gasteiger partial charge in [0, 0.05) is 11.8 Å². The molecule has 4 aliphatic carbocycles. The number of ketones is 1. The lowest BCUT2D eigenvalue weighted by atomic mass is 9.35. The monoisotopic (exact) mass is 476 g/mol. The number of carbonyl (C=O) groups excluding carboxylic acids is 1. The first-order valence-corrected chi connectivity index (χ1v) is 14.1. The lowest BCUT2D eigenvalue weighted by Gasteiger charge is -2.69. The molecular weight excluding hydrogens is 424 g/mol. The molecule has 0 aromatic rings. The van der Waals surface area contributed by atoms with Crippen LogP contribution in [0, 0.1) is 45.3 Å². The molecule has 9 atom stereocenters. The summed E-state index contributed by atoms with van der Waals surface area (Å²) in [4.78, 5) is 12.9. The molecule has 4 saturated carbocycles. The zero-order valence-corrected chi connectivity index (χ0v) is 23.2. The highest BCUT2D eigenvalue weighted by atomic mass is 16.3. The summed E-state index contributed by atoms with van der Waals surface area (Å²) in [5, 5.41) is 32.2. The number of carbonyl (C=O) groups is 1. The number of hydrogen-bond donors (Lipinski definition) is 3. The number of hydrogen-bond acceptors (Lipinski definition) is 4. The highest BCUT2D eigenvalue weighted by Crippen LogP contribution is 2.75. The van der Waals surface area contributed by atoms with E-state index in [4.69, 9.17) is 0 Å². The number of aliphatic hydroxyl groups is 3. The topological polar surface area (TPSA) is 77.8 Å². The Morgan fingerprint density at radius 1 is 0.882 bits per heavy atom. The van der Waals surface area contributed by atoms with Crippen LogP contribution in [0.25, 0.3) is 0 Å². The fourth-order valence-electron chi connectivity index (χ4n) is 10.3. The summed E-state index contributed by atoms with van der Waals surface area (Å²) in [5.74, 6) is 2.29. The van der Waals surface area contributed by atoms with E-state index < -0.39 is 17.3 Å². The predicted octanol–water partition coefficient (Wildman–Crippen LogP) is 5.90. The van der Waals surface area contributed by atoms with E-state index in [0.717, 1.165) is 38.5 Å². The van der Waals surface area contributed by atoms with E-state index in [1.54, 1.807) is 13.8 Å². The van der Waals surface area contributed by atoms with Crippen LogP contribution in [0.2, 0.25) is 0 Å². The smallest absolute Gasteiger partial charge is 0.138 e. The van der Waals surface area contributed by atoms with Gasteiger partial charge in [0.1, 0.15) is 5.78 Å². The van der Waals surface area contributed by atoms with Gasteiger partial charge in [-0.1, -0.05) is 34.6 Å². The molecule has 0 bridgehead atoms. The van der Waals surface area contributed by atoms with Gasteiger partial charge in [0.15, 0.2) is 0 Å². The van der Waals surface area contributed by atoms with E-state index in [2.05, 4.69) is 34.6 Å². The van der Waals surface area contributed by atoms with Crippen molar-refractivity contribution in [2.45, 2.75) is 137 Å². The number of aliphatic hydroxyl groups excluding tert-OH is 1. The molecular formula is C30H52O4. The summed E-state index contributed by atoms with van der Waals surface area (Å²) in [6.45, 7) is 17.3. The highest BCUT2D eigenvalue weighted by Gasteiger charge is 2.69. The molecule has 4 fully saturated rings. The number of fused-ring (bicyclic) bond motifs is 5. The Hall–Kier alpha value is -0.450. The molecule has 0 unspecified atom stereocenters. The Morgan fingerprint density at radius 3 is 2.12 bits per heavy atom. The highest BCUT2D eigenvalue weighted by molar-refractivity contribution is 5.85. The van der Waals surface area contributed by atoms with Crippen LogP contribution in [0.15, 0.2) is 0 Å². The van der Waals surface area contributed by atoms with E-state index in [-0.39, 0.29) is 27.6 Å². The second-order valence-electron chi connectivity index (χ2n) is 15.0. The molecule has 0 spiro atoms. The predicted molar refractivity (Wildman–Crippen MR) is 136 cm³/mol. The van der Waals surface area contributed by atoms with Gasteiger partial charge >= 0.3 is 0 Å². The molecule has 0 amide bonds. The van der Waals surface area contributed by atoms with Crippen molar-refractivity contribution >= 4 is 5.78 Å². The van der Waals surface area contributed by atoms with Gasteiger partial charge in [-0.25, -0.2) is 0 Å². The maximum absolute atomic E-state index is 12.9. The average molecular weight is 477 g/mol. The first kappa shape index (κ1) is 26.6. The normalized spacial score (nSPS) is 46.7. The third-order valence-electron chi connectivity index (χ3n) is 12.7. The SMILES string of the molecule is CC(C)(O)[C@@H](O)CC[C@](C)(O)[C@H]1CC[C@]2(C)[C@@H]1CC[C@@H]1[C@@]3(C)CCC(=O)C(C)(C)[C@@H]3CC[C@]12C. The first-order chi connectivity index (χ1) is 15.4. The van der Waals surface area contributed by atoms with Crippen LogP contribution in [-0.4, -0.2) is 38.4 Å². The maximum Gasteiger partial charge on any atom is 0.138 e. The molecule has 4 nitrogen and oxygen atoms in total. The minimum Gasteiger partial charge on any atom is -0.390 e. The zero-order valence-electron chi connectivity index (χ0n) is 23.2. The molecule has 4 aliphatic rings. The van der Waals surface area contributed by atoms with Gasteiger partial charge < -0.3 is 15.3 Å². The van der Waals surface area contributed by atoms with Crippen LogP contribution in [0.5, 0.6) is 0 Å². The minimum absolute atomic E-state index is 0.193. The summed E-state index contributed by atoms with van der Waals surface area (Å²) in [6, 6.07) is 0. The largest absolute Gasteiger partial charge is 0.390 e. The molecule has 3 N–H and O–H groups in total. The Balaban J connectivity index is 1.58. The van der Waals surface area contributed by atoms with Gasteiger partial charge in [-0.15, -0.1) is 0 Å². The van der Waals surface area contributed by atoms with E-state index >= 15 is 0 Å². The van der Waals surface area contributed by atoms with Crippen molar-refractivity contribution in [1.29, 1.82) is 0 Å². The van der Waals surface area contributed by atoms with Crippen molar-refractivity contribution in [3.8, 4) is 0 Å². The van der Waals surface area contributed by atoms with Crippen LogP contribution in [0.3, 0.4) is 0 Å². The summed E-state index contributed by atoms with van der Waals surface area (Å²) >= 11 is 0. The van der Waals surface area contributed by atoms with Crippen LogP contribution >= 0.6 is 0 Å². The van der Waals surface area contributed by atoms with E-state index in [1.807, 2.05) is 6.92 Å².